The van der Waals surface area contributed by atoms with Crippen LogP contribution in [-0.4, -0.2) is 15.2 Å². The van der Waals surface area contributed by atoms with Crippen LogP contribution in [0.4, 0.5) is 0 Å². The van der Waals surface area contributed by atoms with Gasteiger partial charge in [-0.25, -0.2) is 0 Å². The normalized spacial score (nSPS) is 9.50. The second-order valence-electron chi connectivity index (χ2n) is 2.47. The van der Waals surface area contributed by atoms with E-state index in [2.05, 4.69) is 0 Å². The van der Waals surface area contributed by atoms with Gasteiger partial charge in [0.15, 0.2) is 0 Å². The quantitative estimate of drug-likeness (QED) is 0.704. The molecular weight excluding hydrogens is 198 g/mol. The van der Waals surface area contributed by atoms with Crippen LogP contribution < -0.4 is 5.56 Å². The van der Waals surface area contributed by atoms with E-state index < -0.39 is 0 Å². The molecule has 0 aliphatic carbocycles. The van der Waals surface area contributed by atoms with Crippen molar-refractivity contribution >= 4 is 23.1 Å². The zero-order valence-electron chi connectivity index (χ0n) is 7.24. The molecule has 0 bridgehead atoms. The highest BCUT2D eigenvalue weighted by atomic mass is 35.5. The fourth-order valence-corrected chi connectivity index (χ4v) is 1.35. The number of aromatic nitrogens is 1. The molecule has 1 heterocycles. The molecule has 5 heteroatoms. The first-order chi connectivity index (χ1) is 5.43. The van der Waals surface area contributed by atoms with E-state index in [-0.39, 0.29) is 11.7 Å². The van der Waals surface area contributed by atoms with E-state index in [1.165, 1.54) is 21.6 Å². The minimum Gasteiger partial charge on any atom is -0.394 e. The lowest BCUT2D eigenvalue weighted by molar-refractivity contribution is 0.216. The largest absolute Gasteiger partial charge is 0.394 e. The Morgan fingerprint density at radius 1 is 1.67 bits per heavy atom. The molecule has 0 aliphatic heterocycles. The van der Waals surface area contributed by atoms with Crippen LogP contribution in [0.15, 0.2) is 10.9 Å². The molecule has 0 saturated carbocycles. The van der Waals surface area contributed by atoms with Crippen molar-refractivity contribution in [1.29, 1.82) is 0 Å². The van der Waals surface area contributed by atoms with Crippen LogP contribution in [-0.2, 0) is 7.05 Å². The third-order valence-corrected chi connectivity index (χ3v) is 1.83. The maximum atomic E-state index is 10.5. The summed E-state index contributed by atoms with van der Waals surface area (Å²) in [5.74, 6) is 0. The molecule has 0 aliphatic rings. The maximum Gasteiger partial charge on any atom is 0.261 e. The summed E-state index contributed by atoms with van der Waals surface area (Å²) >= 11 is 6.70. The molecule has 3 nitrogen and oxygen atoms in total. The van der Waals surface area contributed by atoms with Crippen LogP contribution >= 0.6 is 23.1 Å². The fraction of sp³-hybridized carbons (Fsp3) is 0.571. The van der Waals surface area contributed by atoms with Gasteiger partial charge < -0.3 is 5.11 Å². The molecule has 1 rings (SSSR count). The number of halogens is 1. The van der Waals surface area contributed by atoms with E-state index >= 15 is 0 Å². The molecular formula is C7H12ClNO2S. The molecule has 0 unspecified atom stereocenters. The molecule has 0 atom stereocenters. The minimum atomic E-state index is -0.167. The summed E-state index contributed by atoms with van der Waals surface area (Å²) in [6.45, 7) is 3.44. The summed E-state index contributed by atoms with van der Waals surface area (Å²) in [6.07, 6.45) is -0.167. The summed E-state index contributed by atoms with van der Waals surface area (Å²) in [4.78, 5) is 10.5. The number of hydrogen-bond donors (Lipinski definition) is 1. The Morgan fingerprint density at radius 2 is 2.08 bits per heavy atom. The van der Waals surface area contributed by atoms with Gasteiger partial charge >= 0.3 is 0 Å². The van der Waals surface area contributed by atoms with Crippen molar-refractivity contribution < 1.29 is 5.11 Å². The van der Waals surface area contributed by atoms with Crippen molar-refractivity contribution in [3.63, 3.8) is 0 Å². The Balaban J connectivity index is 0.000000261. The summed E-state index contributed by atoms with van der Waals surface area (Å²) < 4.78 is 2.01. The highest BCUT2D eigenvalue weighted by Gasteiger charge is 1.93. The van der Waals surface area contributed by atoms with Crippen LogP contribution in [0, 0.1) is 0 Å². The van der Waals surface area contributed by atoms with E-state index in [0.29, 0.717) is 4.34 Å². The zero-order chi connectivity index (χ0) is 9.72. The minimum absolute atomic E-state index is 0.0417. The highest BCUT2D eigenvalue weighted by molar-refractivity contribution is 7.11. The molecule has 1 aromatic heterocycles. The van der Waals surface area contributed by atoms with Crippen molar-refractivity contribution in [1.82, 2.24) is 3.96 Å². The van der Waals surface area contributed by atoms with Crippen LogP contribution in [0.2, 0.25) is 4.34 Å². The lowest BCUT2D eigenvalue weighted by atomic mass is 10.5. The lowest BCUT2D eigenvalue weighted by Crippen LogP contribution is -2.05. The van der Waals surface area contributed by atoms with Gasteiger partial charge in [0.1, 0.15) is 4.34 Å². The first kappa shape index (κ1) is 11.7. The van der Waals surface area contributed by atoms with E-state index in [0.717, 1.165) is 0 Å². The first-order valence-electron chi connectivity index (χ1n) is 3.44. The molecule has 12 heavy (non-hydrogen) atoms. The van der Waals surface area contributed by atoms with Gasteiger partial charge in [0, 0.05) is 19.2 Å². The first-order valence-corrected chi connectivity index (χ1v) is 4.59. The number of nitrogens with zero attached hydrogens (tertiary/aromatic N) is 1. The molecule has 0 radical (unpaired) electrons. The van der Waals surface area contributed by atoms with E-state index in [4.69, 9.17) is 16.7 Å². The molecule has 0 aromatic carbocycles. The Labute approximate surface area is 80.4 Å². The van der Waals surface area contributed by atoms with Gasteiger partial charge in [-0.05, 0) is 25.4 Å². The monoisotopic (exact) mass is 209 g/mol. The van der Waals surface area contributed by atoms with Crippen LogP contribution in [0.1, 0.15) is 13.8 Å². The van der Waals surface area contributed by atoms with Gasteiger partial charge in [0.2, 0.25) is 0 Å². The van der Waals surface area contributed by atoms with Crippen LogP contribution in [0.5, 0.6) is 0 Å². The standard InChI is InChI=1S/C4H4ClNOS.C3H8O/c1-6-4(7)2-3(5)8-6;1-3(2)4/h2H,1H3;3-4H,1-2H3. The van der Waals surface area contributed by atoms with E-state index in [9.17, 15) is 4.79 Å². The molecule has 1 N–H and O–H groups in total. The number of aryl methyl sites for hydroxylation is 1. The summed E-state index contributed by atoms with van der Waals surface area (Å²) in [7, 11) is 1.68. The Morgan fingerprint density at radius 3 is 2.17 bits per heavy atom. The zero-order valence-corrected chi connectivity index (χ0v) is 8.82. The second-order valence-corrected chi connectivity index (χ2v) is 4.27. The fourth-order valence-electron chi connectivity index (χ4n) is 0.390. The van der Waals surface area contributed by atoms with Crippen molar-refractivity contribution in [2.24, 2.45) is 7.05 Å². The van der Waals surface area contributed by atoms with Gasteiger partial charge in [0.25, 0.3) is 5.56 Å². The number of aliphatic hydroxyl groups excluding tert-OH is 1. The summed E-state index contributed by atoms with van der Waals surface area (Å²) in [5.41, 5.74) is -0.0417. The van der Waals surface area contributed by atoms with Crippen molar-refractivity contribution in [2.45, 2.75) is 20.0 Å². The summed E-state index contributed by atoms with van der Waals surface area (Å²) in [6, 6.07) is 1.40. The predicted octanol–water partition coefficient (Wildman–Crippen LogP) is 1.49. The highest BCUT2D eigenvalue weighted by Crippen LogP contribution is 2.09. The smallest absolute Gasteiger partial charge is 0.261 e. The van der Waals surface area contributed by atoms with Crippen molar-refractivity contribution in [2.75, 3.05) is 0 Å². The average Bonchev–Trinajstić information content (AvgIpc) is 2.08. The Hall–Kier alpha value is -0.320. The van der Waals surface area contributed by atoms with E-state index in [1.807, 2.05) is 0 Å². The lowest BCUT2D eigenvalue weighted by Gasteiger charge is -1.80. The van der Waals surface area contributed by atoms with E-state index in [1.54, 1.807) is 20.9 Å². The van der Waals surface area contributed by atoms with Crippen molar-refractivity contribution in [3.8, 4) is 0 Å². The topological polar surface area (TPSA) is 42.2 Å². The van der Waals surface area contributed by atoms with Gasteiger partial charge in [-0.2, -0.15) is 0 Å². The molecule has 70 valence electrons. The Bertz CT molecular complexity index is 276. The third-order valence-electron chi connectivity index (χ3n) is 0.771. The maximum absolute atomic E-state index is 10.5. The van der Waals surface area contributed by atoms with Gasteiger partial charge in [-0.15, -0.1) is 0 Å². The van der Waals surface area contributed by atoms with Gasteiger partial charge in [-0.3, -0.25) is 8.75 Å². The molecule has 0 saturated heterocycles. The number of aliphatic hydroxyl groups is 1. The third kappa shape index (κ3) is 5.35. The Kier molecular flexibility index (Phi) is 5.20. The predicted molar refractivity (Wildman–Crippen MR) is 51.9 cm³/mol. The molecule has 0 fully saturated rings. The van der Waals surface area contributed by atoms with Crippen LogP contribution in [0.25, 0.3) is 0 Å². The molecule has 0 spiro atoms. The van der Waals surface area contributed by atoms with Gasteiger partial charge in [-0.1, -0.05) is 11.6 Å². The average molecular weight is 210 g/mol. The molecule has 0 amide bonds. The second kappa shape index (κ2) is 5.35. The van der Waals surface area contributed by atoms with Gasteiger partial charge in [0.05, 0.1) is 0 Å². The SMILES string of the molecule is CC(C)O.Cn1sc(Cl)cc1=O. The van der Waals surface area contributed by atoms with Crippen molar-refractivity contribution in [3.05, 3.63) is 20.8 Å². The van der Waals surface area contributed by atoms with Crippen LogP contribution in [0.3, 0.4) is 0 Å². The number of hydrogen-bond acceptors (Lipinski definition) is 3. The number of rotatable bonds is 0. The molecule has 1 aromatic rings. The summed E-state index contributed by atoms with van der Waals surface area (Å²) in [5, 5.41) is 8.06.